The number of hydrogen-bond donors (Lipinski definition) is 0. The lowest BCUT2D eigenvalue weighted by Crippen LogP contribution is -2.57. The second-order valence-corrected chi connectivity index (χ2v) is 46.3. The molecule has 6 atom stereocenters. The molecule has 9 aromatic rings. The van der Waals surface area contributed by atoms with Crippen molar-refractivity contribution in [2.75, 3.05) is 0 Å². The highest BCUT2D eigenvalue weighted by Crippen LogP contribution is 2.59. The number of rotatable bonds is 15. The third-order valence-electron chi connectivity index (χ3n) is 26.4. The van der Waals surface area contributed by atoms with Gasteiger partial charge in [0.1, 0.15) is 34.2 Å². The standard InChI is InChI=1S/C26H31S.C22H23S.C21H21S.3C13H16F2O3/c1-25(2,3)20-12-16-23(17-13-20)27(22-10-8-7-9-11-22)24-18-14-21(15-19-24)26(4,5)6;1-22(2,3)18-14-16-21(17-15-18)23(19-10-6-4-7-11-19)20-12-8-5-9-13-20;1-16-4-10-19(11-5-16)22(20-12-6-17(2)7-13-20)21-14-8-18(3)9-15-21;3*1-12(14,15)11(17)18-13-4-7-2-8(5-13)10(16)9(3-7)6-13/h7-19H,1-6H3;4-17H,1-3H3;4-15H,1-3H3;3*7-9H,2-6H2,1H3/q3*+1;;;. The number of alkyl halides is 6. The molecule has 9 nitrogen and oxygen atoms in total. The fraction of sp³-hybridized carbons (Fsp3) is 0.444. The van der Waals surface area contributed by atoms with Crippen LogP contribution >= 0.6 is 0 Å². The van der Waals surface area contributed by atoms with Gasteiger partial charge in [0.25, 0.3) is 0 Å². The maximum atomic E-state index is 12.9. The van der Waals surface area contributed by atoms with Crippen molar-refractivity contribution >= 4 is 67.9 Å². The molecule has 0 N–H and O–H groups in total. The number of benzene rings is 9. The van der Waals surface area contributed by atoms with Gasteiger partial charge in [-0.2, -0.15) is 26.3 Å². The number of esters is 3. The van der Waals surface area contributed by atoms with E-state index in [1.54, 1.807) is 0 Å². The number of ketones is 3. The summed E-state index contributed by atoms with van der Waals surface area (Å²) in [4.78, 5) is 82.2. The van der Waals surface area contributed by atoms with Gasteiger partial charge in [-0.25, -0.2) is 14.4 Å². The maximum absolute atomic E-state index is 12.9. The van der Waals surface area contributed by atoms with Gasteiger partial charge in [0.15, 0.2) is 44.1 Å². The molecule has 0 heterocycles. The SMILES string of the molecule is CC(C)(C)c1ccc([S+](c2ccccc2)c2ccc(C(C)(C)C)cc2)cc1.CC(C)(C)c1ccc([S+](c2ccccc2)c2ccccc2)cc1.CC(F)(F)C(=O)OC12CC3CC(C1)C(=O)C(C3)C2.CC(F)(F)C(=O)OC12CC3CC(C1)C(=O)C(C3)C2.CC(F)(F)C(=O)OC12CC3CC(C1)C(=O)C(C3)C2.Cc1ccc([S+](c2ccc(C)cc2)c2ccc(C)cc2)cc1. The van der Waals surface area contributed by atoms with E-state index in [1.807, 2.05) is 0 Å². The minimum Gasteiger partial charge on any atom is -0.455 e. The molecule has 12 aliphatic carbocycles. The van der Waals surface area contributed by atoms with E-state index in [-0.39, 0.29) is 102 Å². The van der Waals surface area contributed by atoms with E-state index in [4.69, 9.17) is 14.2 Å². The van der Waals surface area contributed by atoms with Crippen molar-refractivity contribution in [1.29, 1.82) is 0 Å². The Labute approximate surface area is 750 Å². The first-order chi connectivity index (χ1) is 59.2. The van der Waals surface area contributed by atoms with Crippen LogP contribution in [0.15, 0.2) is 281 Å². The minimum atomic E-state index is -3.45. The second kappa shape index (κ2) is 38.0. The predicted molar refractivity (Wildman–Crippen MR) is 489 cm³/mol. The van der Waals surface area contributed by atoms with Gasteiger partial charge in [-0.1, -0.05) is 206 Å². The van der Waals surface area contributed by atoms with Crippen molar-refractivity contribution in [2.45, 2.75) is 295 Å². The monoisotopic (exact) mass is 1770 g/mol. The largest absolute Gasteiger partial charge is 0.455 e. The first-order valence-electron chi connectivity index (χ1n) is 44.6. The Morgan fingerprint density at radius 3 is 0.595 bits per heavy atom. The topological polar surface area (TPSA) is 130 Å². The number of ether oxygens (including phenoxy) is 3. The van der Waals surface area contributed by atoms with Crippen molar-refractivity contribution in [3.8, 4) is 0 Å². The highest BCUT2D eigenvalue weighted by Gasteiger charge is 2.61. The van der Waals surface area contributed by atoms with Crippen LogP contribution in [0.5, 0.6) is 0 Å². The number of halogens is 6. The third kappa shape index (κ3) is 23.0. The Balaban J connectivity index is 0.000000130. The van der Waals surface area contributed by atoms with Crippen molar-refractivity contribution in [2.24, 2.45) is 53.3 Å². The number of Topliss-reactive ketones (excluding diaryl/α,β-unsaturated/α-hetero) is 3. The lowest BCUT2D eigenvalue weighted by molar-refractivity contribution is -0.207. The van der Waals surface area contributed by atoms with Crippen molar-refractivity contribution in [1.82, 2.24) is 0 Å². The summed E-state index contributed by atoms with van der Waals surface area (Å²) in [6.07, 6.45) is 9.68. The van der Waals surface area contributed by atoms with Crippen LogP contribution in [0.25, 0.3) is 0 Å². The Kier molecular flexibility index (Phi) is 28.5. The molecule has 18 heteroatoms. The Morgan fingerprint density at radius 2 is 0.429 bits per heavy atom. The molecule has 12 bridgehead atoms. The van der Waals surface area contributed by atoms with Crippen LogP contribution < -0.4 is 0 Å². The summed E-state index contributed by atoms with van der Waals surface area (Å²) >= 11 is 0. The normalized spacial score (nSPS) is 24.8. The van der Waals surface area contributed by atoms with Gasteiger partial charge in [0, 0.05) is 56.3 Å². The summed E-state index contributed by atoms with van der Waals surface area (Å²) < 4.78 is 93.0. The Hall–Kier alpha value is -8.97. The average molecular weight is 1780 g/mol. The van der Waals surface area contributed by atoms with Crippen molar-refractivity contribution < 1.29 is 69.3 Å². The van der Waals surface area contributed by atoms with E-state index < -0.39 is 52.5 Å². The summed E-state index contributed by atoms with van der Waals surface area (Å²) in [6.45, 7) is 28.5. The molecule has 666 valence electrons. The average Bonchev–Trinajstić information content (AvgIpc) is 0.741. The molecule has 126 heavy (non-hydrogen) atoms. The van der Waals surface area contributed by atoms with Crippen LogP contribution in [-0.4, -0.2) is 69.8 Å². The number of aryl methyl sites for hydroxylation is 3. The minimum absolute atomic E-state index is 0.0394. The Morgan fingerprint density at radius 1 is 0.262 bits per heavy atom. The first kappa shape index (κ1) is 94.6. The lowest BCUT2D eigenvalue weighted by atomic mass is 9.53. The van der Waals surface area contributed by atoms with Gasteiger partial charge in [-0.15, -0.1) is 0 Å². The van der Waals surface area contributed by atoms with Crippen LogP contribution in [0.2, 0.25) is 0 Å². The molecule has 0 radical (unpaired) electrons. The van der Waals surface area contributed by atoms with Crippen LogP contribution in [0.3, 0.4) is 0 Å². The van der Waals surface area contributed by atoms with Crippen LogP contribution in [0, 0.1) is 74.0 Å². The Bertz CT molecular complexity index is 4820. The van der Waals surface area contributed by atoms with Crippen molar-refractivity contribution in [3.63, 3.8) is 0 Å². The van der Waals surface area contributed by atoms with E-state index in [1.165, 1.54) is 77.4 Å². The smallest absolute Gasteiger partial charge is 0.377 e. The molecule has 6 unspecified atom stereocenters. The summed E-state index contributed by atoms with van der Waals surface area (Å²) in [7, 11) is -0.174. The molecule has 12 aliphatic rings. The molecule has 12 saturated carbocycles. The zero-order valence-electron chi connectivity index (χ0n) is 75.5. The molecule has 0 spiro atoms. The highest BCUT2D eigenvalue weighted by atomic mass is 32.2. The van der Waals surface area contributed by atoms with Crippen molar-refractivity contribution in [3.05, 3.63) is 270 Å². The number of carbonyl (C=O) groups is 6. The van der Waals surface area contributed by atoms with E-state index >= 15 is 0 Å². The quantitative estimate of drug-likeness (QED) is 0.0426. The summed E-state index contributed by atoms with van der Waals surface area (Å²) in [5.41, 5.74) is 6.23. The van der Waals surface area contributed by atoms with Gasteiger partial charge >= 0.3 is 35.7 Å². The number of carbonyl (C=O) groups excluding carboxylic acids is 6. The molecular weight excluding hydrogens is 1650 g/mol. The summed E-state index contributed by atoms with van der Waals surface area (Å²) in [5, 5.41) is 0. The summed E-state index contributed by atoms with van der Waals surface area (Å²) in [6, 6.07) is 86.9. The van der Waals surface area contributed by atoms with Gasteiger partial charge in [-0.05, 0) is 277 Å². The van der Waals surface area contributed by atoms with Gasteiger partial charge in [0.05, 0.1) is 32.7 Å². The molecule has 9 aromatic carbocycles. The van der Waals surface area contributed by atoms with E-state index in [0.29, 0.717) is 96.3 Å². The van der Waals surface area contributed by atoms with E-state index in [2.05, 4.69) is 320 Å². The van der Waals surface area contributed by atoms with E-state index in [0.717, 1.165) is 38.5 Å². The highest BCUT2D eigenvalue weighted by molar-refractivity contribution is 7.97. The number of hydrogen-bond acceptors (Lipinski definition) is 9. The molecule has 0 aromatic heterocycles. The van der Waals surface area contributed by atoms with Crippen LogP contribution in [0.1, 0.15) is 213 Å². The van der Waals surface area contributed by atoms with E-state index in [9.17, 15) is 55.1 Å². The molecule has 0 saturated heterocycles. The zero-order valence-corrected chi connectivity index (χ0v) is 77.9. The molecule has 12 fully saturated rings. The molecule has 0 amide bonds. The second-order valence-electron chi connectivity index (χ2n) is 40.2. The first-order valence-corrected chi connectivity index (χ1v) is 48.2. The van der Waals surface area contributed by atoms with Gasteiger partial charge < -0.3 is 14.2 Å². The summed E-state index contributed by atoms with van der Waals surface area (Å²) in [5.74, 6) is -13.3. The zero-order chi connectivity index (χ0) is 90.9. The van der Waals surface area contributed by atoms with Crippen LogP contribution in [-0.2, 0) is 91.9 Å². The molecule has 21 rings (SSSR count). The fourth-order valence-corrected chi connectivity index (χ4v) is 26.6. The third-order valence-corrected chi connectivity index (χ3v) is 33.1. The maximum Gasteiger partial charge on any atom is 0.377 e. The molecule has 0 aliphatic heterocycles. The molecular formula is C108H123F6O9S3+3. The lowest BCUT2D eigenvalue weighted by Gasteiger charge is -2.54. The van der Waals surface area contributed by atoms with Gasteiger partial charge in [-0.3, -0.25) is 14.4 Å². The van der Waals surface area contributed by atoms with Gasteiger partial charge in [0.2, 0.25) is 0 Å². The van der Waals surface area contributed by atoms with Crippen LogP contribution in [0.4, 0.5) is 26.3 Å². The predicted octanol–water partition coefficient (Wildman–Crippen LogP) is 26.2. The fourth-order valence-electron chi connectivity index (χ4n) is 20.5.